The van der Waals surface area contributed by atoms with E-state index in [0.717, 1.165) is 6.07 Å². The van der Waals surface area contributed by atoms with E-state index in [2.05, 4.69) is 5.32 Å². The molecule has 0 heterocycles. The Balaban J connectivity index is 2.13. The number of ether oxygens (including phenoxy) is 1. The molecule has 0 spiro atoms. The van der Waals surface area contributed by atoms with Crippen LogP contribution in [0.25, 0.3) is 0 Å². The van der Waals surface area contributed by atoms with Gasteiger partial charge >= 0.3 is 5.69 Å². The van der Waals surface area contributed by atoms with Gasteiger partial charge in [0.05, 0.1) is 10.6 Å². The van der Waals surface area contributed by atoms with Crippen molar-refractivity contribution in [3.05, 3.63) is 62.9 Å². The summed E-state index contributed by atoms with van der Waals surface area (Å²) in [6, 6.07) is 8.20. The van der Waals surface area contributed by atoms with Gasteiger partial charge < -0.3 is 10.1 Å². The van der Waals surface area contributed by atoms with Crippen molar-refractivity contribution in [1.29, 1.82) is 0 Å². The van der Waals surface area contributed by atoms with Gasteiger partial charge in [-0.1, -0.05) is 17.7 Å². The molecule has 0 unspecified atom stereocenters. The summed E-state index contributed by atoms with van der Waals surface area (Å²) in [5.74, 6) is -1.37. The van der Waals surface area contributed by atoms with Crippen LogP contribution in [0, 0.1) is 22.9 Å². The van der Waals surface area contributed by atoms with Gasteiger partial charge in [-0.05, 0) is 43.7 Å². The number of aryl methyl sites for hydroxylation is 1. The minimum Gasteiger partial charge on any atom is -0.474 e. The third kappa shape index (κ3) is 4.20. The number of nitrogens with one attached hydrogen (secondary N) is 1. The molecule has 8 heteroatoms. The van der Waals surface area contributed by atoms with Gasteiger partial charge in [0.15, 0.2) is 11.9 Å². The number of carbonyl (C=O) groups is 1. The number of benzene rings is 2. The lowest BCUT2D eigenvalue weighted by molar-refractivity contribution is -0.386. The third-order valence-electron chi connectivity index (χ3n) is 3.17. The van der Waals surface area contributed by atoms with E-state index in [9.17, 15) is 19.3 Å². The van der Waals surface area contributed by atoms with Crippen molar-refractivity contribution >= 4 is 28.9 Å². The number of hydrogen-bond acceptors (Lipinski definition) is 4. The number of nitro benzene ring substituents is 1. The smallest absolute Gasteiger partial charge is 0.311 e. The predicted octanol–water partition coefficient (Wildman–Crippen LogP) is 4.10. The van der Waals surface area contributed by atoms with Crippen LogP contribution >= 0.6 is 11.6 Å². The Kier molecular flexibility index (Phi) is 5.35. The van der Waals surface area contributed by atoms with Crippen LogP contribution in [0.3, 0.4) is 0 Å². The Morgan fingerprint density at radius 2 is 2.04 bits per heavy atom. The number of nitro groups is 1. The van der Waals surface area contributed by atoms with E-state index in [0.29, 0.717) is 5.56 Å². The van der Waals surface area contributed by atoms with Crippen molar-refractivity contribution in [2.24, 2.45) is 0 Å². The fourth-order valence-corrected chi connectivity index (χ4v) is 2.10. The number of halogens is 2. The van der Waals surface area contributed by atoms with Crippen LogP contribution < -0.4 is 10.1 Å². The molecule has 2 rings (SSSR count). The van der Waals surface area contributed by atoms with Gasteiger partial charge in [0, 0.05) is 11.1 Å². The fourth-order valence-electron chi connectivity index (χ4n) is 1.94. The minimum absolute atomic E-state index is 0.0372. The molecule has 2 aromatic rings. The van der Waals surface area contributed by atoms with Crippen molar-refractivity contribution in [2.45, 2.75) is 20.0 Å². The fraction of sp³-hybridized carbons (Fsp3) is 0.188. The molecule has 1 amide bonds. The summed E-state index contributed by atoms with van der Waals surface area (Å²) in [6.45, 7) is 3.11. The van der Waals surface area contributed by atoms with Gasteiger partial charge in [0.25, 0.3) is 5.91 Å². The standard InChI is InChI=1S/C16H14ClFN2O4/c1-9-3-6-15(14(7-9)20(22)23)24-10(2)16(21)19-13-5-4-11(17)8-12(13)18/h3-8,10H,1-2H3,(H,19,21)/t10-/m1/s1. The molecule has 126 valence electrons. The quantitative estimate of drug-likeness (QED) is 0.648. The van der Waals surface area contributed by atoms with Gasteiger partial charge in [0.2, 0.25) is 0 Å². The highest BCUT2D eigenvalue weighted by Gasteiger charge is 2.22. The number of rotatable bonds is 5. The van der Waals surface area contributed by atoms with Gasteiger partial charge in [0.1, 0.15) is 5.82 Å². The van der Waals surface area contributed by atoms with Crippen LogP contribution in [0.2, 0.25) is 5.02 Å². The molecule has 6 nitrogen and oxygen atoms in total. The van der Waals surface area contributed by atoms with Crippen LogP contribution in [0.4, 0.5) is 15.8 Å². The Morgan fingerprint density at radius 3 is 2.67 bits per heavy atom. The highest BCUT2D eigenvalue weighted by Crippen LogP contribution is 2.29. The largest absolute Gasteiger partial charge is 0.474 e. The van der Waals surface area contributed by atoms with Gasteiger partial charge in [-0.15, -0.1) is 0 Å². The van der Waals surface area contributed by atoms with E-state index in [-0.39, 0.29) is 22.1 Å². The summed E-state index contributed by atoms with van der Waals surface area (Å²) in [5, 5.41) is 13.6. The lowest BCUT2D eigenvalue weighted by Crippen LogP contribution is -2.30. The molecule has 0 fully saturated rings. The Morgan fingerprint density at radius 1 is 1.33 bits per heavy atom. The lowest BCUT2D eigenvalue weighted by atomic mass is 10.2. The van der Waals surface area contributed by atoms with E-state index < -0.39 is 22.8 Å². The van der Waals surface area contributed by atoms with E-state index in [1.807, 2.05) is 0 Å². The predicted molar refractivity (Wildman–Crippen MR) is 88.0 cm³/mol. The molecule has 2 aromatic carbocycles. The molecule has 0 radical (unpaired) electrons. The molecule has 1 atom stereocenters. The maximum Gasteiger partial charge on any atom is 0.311 e. The second-order valence-electron chi connectivity index (χ2n) is 5.10. The summed E-state index contributed by atoms with van der Waals surface area (Å²) in [6.07, 6.45) is -1.07. The molecule has 0 aliphatic carbocycles. The van der Waals surface area contributed by atoms with Crippen LogP contribution in [-0.4, -0.2) is 16.9 Å². The number of carbonyl (C=O) groups excluding carboxylic acids is 1. The van der Waals surface area contributed by atoms with Crippen molar-refractivity contribution < 1.29 is 18.8 Å². The summed E-state index contributed by atoms with van der Waals surface area (Å²) in [5.41, 5.74) is 0.389. The van der Waals surface area contributed by atoms with Gasteiger partial charge in [-0.2, -0.15) is 0 Å². The number of nitrogens with zero attached hydrogens (tertiary/aromatic N) is 1. The average Bonchev–Trinajstić information content (AvgIpc) is 2.51. The molecule has 0 bridgehead atoms. The normalized spacial score (nSPS) is 11.7. The minimum atomic E-state index is -1.07. The molecule has 0 saturated carbocycles. The topological polar surface area (TPSA) is 81.5 Å². The molecule has 1 N–H and O–H groups in total. The highest BCUT2D eigenvalue weighted by atomic mass is 35.5. The number of hydrogen-bond donors (Lipinski definition) is 1. The van der Waals surface area contributed by atoms with Crippen LogP contribution in [0.1, 0.15) is 12.5 Å². The van der Waals surface area contributed by atoms with Gasteiger partial charge in [-0.25, -0.2) is 4.39 Å². The maximum atomic E-state index is 13.7. The summed E-state index contributed by atoms with van der Waals surface area (Å²) in [7, 11) is 0. The number of amides is 1. The zero-order valence-corrected chi connectivity index (χ0v) is 13.6. The SMILES string of the molecule is Cc1ccc(O[C@H](C)C(=O)Nc2ccc(Cl)cc2F)c([N+](=O)[O-])c1. The molecule has 0 aromatic heterocycles. The number of anilines is 1. The van der Waals surface area contributed by atoms with Crippen molar-refractivity contribution in [3.8, 4) is 5.75 Å². The summed E-state index contributed by atoms with van der Waals surface area (Å²) < 4.78 is 19.0. The molecule has 24 heavy (non-hydrogen) atoms. The molecular formula is C16H14ClFN2O4. The Bertz CT molecular complexity index is 798. The highest BCUT2D eigenvalue weighted by molar-refractivity contribution is 6.30. The first-order valence-corrected chi connectivity index (χ1v) is 7.33. The van der Waals surface area contributed by atoms with Crippen molar-refractivity contribution in [2.75, 3.05) is 5.32 Å². The van der Waals surface area contributed by atoms with Crippen LogP contribution in [0.15, 0.2) is 36.4 Å². The van der Waals surface area contributed by atoms with E-state index in [4.69, 9.17) is 16.3 Å². The maximum absolute atomic E-state index is 13.7. The van der Waals surface area contributed by atoms with Gasteiger partial charge in [-0.3, -0.25) is 14.9 Å². The third-order valence-corrected chi connectivity index (χ3v) is 3.41. The monoisotopic (exact) mass is 352 g/mol. The van der Waals surface area contributed by atoms with Crippen molar-refractivity contribution in [3.63, 3.8) is 0 Å². The van der Waals surface area contributed by atoms with Crippen molar-refractivity contribution in [1.82, 2.24) is 0 Å². The molecule has 0 saturated heterocycles. The average molecular weight is 353 g/mol. The lowest BCUT2D eigenvalue weighted by Gasteiger charge is -2.15. The van der Waals surface area contributed by atoms with Crippen LogP contribution in [0.5, 0.6) is 5.75 Å². The molecule has 0 aliphatic rings. The first-order chi connectivity index (χ1) is 11.3. The zero-order chi connectivity index (χ0) is 17.9. The summed E-state index contributed by atoms with van der Waals surface area (Å²) >= 11 is 5.64. The Labute approximate surface area is 142 Å². The molecule has 0 aliphatic heterocycles. The Hall–Kier alpha value is -2.67. The van der Waals surface area contributed by atoms with E-state index >= 15 is 0 Å². The van der Waals surface area contributed by atoms with E-state index in [1.54, 1.807) is 13.0 Å². The van der Waals surface area contributed by atoms with E-state index in [1.165, 1.54) is 31.2 Å². The zero-order valence-electron chi connectivity index (χ0n) is 12.9. The second-order valence-corrected chi connectivity index (χ2v) is 5.54. The van der Waals surface area contributed by atoms with Crippen LogP contribution in [-0.2, 0) is 4.79 Å². The molecular weight excluding hydrogens is 339 g/mol. The first kappa shape index (κ1) is 17.7. The first-order valence-electron chi connectivity index (χ1n) is 6.95. The summed E-state index contributed by atoms with van der Waals surface area (Å²) in [4.78, 5) is 22.6. The second kappa shape index (κ2) is 7.27.